The minimum absolute atomic E-state index is 0.0128. The molecule has 7 rings (SSSR count). The second-order valence-corrected chi connectivity index (χ2v) is 13.1. The fourth-order valence-electron chi connectivity index (χ4n) is 5.51. The molecule has 4 aromatic rings. The Bertz CT molecular complexity index is 1820. The molecule has 2 bridgehead atoms. The summed E-state index contributed by atoms with van der Waals surface area (Å²) >= 11 is 4.08. The number of thiol groups is 1. The number of aromatic nitrogens is 8. The van der Waals surface area contributed by atoms with E-state index < -0.39 is 74.1 Å². The van der Waals surface area contributed by atoms with E-state index in [2.05, 4.69) is 42.2 Å². The number of nitrogen functional groups attached to an aromatic ring is 2. The molecule has 43 heavy (non-hydrogen) atoms. The van der Waals surface area contributed by atoms with E-state index in [0.29, 0.717) is 11.2 Å². The van der Waals surface area contributed by atoms with Crippen LogP contribution in [0.3, 0.4) is 0 Å². The second kappa shape index (κ2) is 10.2. The Morgan fingerprint density at radius 3 is 2.65 bits per heavy atom. The lowest BCUT2D eigenvalue weighted by Gasteiger charge is -2.32. The summed E-state index contributed by atoms with van der Waals surface area (Å²) in [6.45, 7) is -5.58. The Morgan fingerprint density at radius 2 is 1.88 bits per heavy atom. The number of anilines is 2. The molecule has 9 atom stereocenters. The van der Waals surface area contributed by atoms with Crippen LogP contribution in [-0.4, -0.2) is 110 Å². The molecule has 3 aliphatic rings. The first-order valence-electron chi connectivity index (χ1n) is 12.7. The number of nitrogens with one attached hydrogen (secondary N) is 1. The first-order chi connectivity index (χ1) is 20.5. The molecule has 0 saturated carbocycles. The molecule has 8 N–H and O–H groups in total. The molecule has 0 amide bonds. The first-order valence-corrected chi connectivity index (χ1v) is 15.4. The lowest BCUT2D eigenvalue weighted by molar-refractivity contribution is -0.183. The highest BCUT2D eigenvalue weighted by Crippen LogP contribution is 2.58. The normalized spacial score (nSPS) is 33.5. The number of fused-ring (bicyclic) bond motifs is 4. The average molecular weight is 641 g/mol. The minimum atomic E-state index is -4.35. The van der Waals surface area contributed by atoms with Gasteiger partial charge in [0.2, 0.25) is 5.95 Å². The van der Waals surface area contributed by atoms with Crippen LogP contribution in [0.25, 0.3) is 22.3 Å². The van der Waals surface area contributed by atoms with Gasteiger partial charge in [0.25, 0.3) is 5.56 Å². The molecule has 0 aromatic carbocycles. The summed E-state index contributed by atoms with van der Waals surface area (Å²) in [5, 5.41) is 31.7. The molecule has 20 nitrogen and oxygen atoms in total. The zero-order chi connectivity index (χ0) is 30.3. The van der Waals surface area contributed by atoms with Crippen molar-refractivity contribution >= 4 is 53.1 Å². The largest absolute Gasteiger partial charge is 0.394 e. The highest BCUT2D eigenvalue weighted by molar-refractivity contribution is 8.44. The van der Waals surface area contributed by atoms with Crippen LogP contribution in [0.5, 0.6) is 0 Å². The number of ether oxygens (including phenoxy) is 3. The van der Waals surface area contributed by atoms with Crippen LogP contribution in [0.1, 0.15) is 12.5 Å². The van der Waals surface area contributed by atoms with Crippen molar-refractivity contribution in [1.82, 2.24) is 39.0 Å². The molecule has 3 aliphatic heterocycles. The van der Waals surface area contributed by atoms with Crippen molar-refractivity contribution in [2.24, 2.45) is 0 Å². The number of nitrogens with two attached hydrogens (primary N) is 2. The standard InChI is InChI=1S/C21H25N10O10PS/c22-14-8-15(25-4-24-14)30(5-26-8)19-12-13(34)21(40-19,2-37-12)3-38-42(36,43)41-11-10(33)7(1-32)39-18(11)31-6-27-9-16(31)28-20(23)29-17(9)35/h4-7,10-13,18-19,32-34H,1-3H2,(H,36,43)(H2,22,24,25)(H3,23,28,29,35)/t7-,10?,11+,12+,13?,18-,19-,21-,42?/m1/s1. The summed E-state index contributed by atoms with van der Waals surface area (Å²) < 4.78 is 45.2. The van der Waals surface area contributed by atoms with Crippen LogP contribution >= 0.6 is 19.0 Å². The van der Waals surface area contributed by atoms with Crippen molar-refractivity contribution < 1.29 is 43.1 Å². The van der Waals surface area contributed by atoms with Crippen molar-refractivity contribution in [3.05, 3.63) is 29.3 Å². The summed E-state index contributed by atoms with van der Waals surface area (Å²) in [6, 6.07) is 0. The first kappa shape index (κ1) is 28.5. The van der Waals surface area contributed by atoms with Crippen molar-refractivity contribution in [1.29, 1.82) is 0 Å². The number of H-pyrrole nitrogens is 1. The Hall–Kier alpha value is -3.24. The molecule has 0 aliphatic carbocycles. The van der Waals surface area contributed by atoms with Crippen LogP contribution < -0.4 is 17.0 Å². The summed E-state index contributed by atoms with van der Waals surface area (Å²) in [5.74, 6) is -0.0457. The molecule has 4 aromatic heterocycles. The van der Waals surface area contributed by atoms with E-state index in [9.17, 15) is 24.7 Å². The molecular formula is C21H25N10O10PS. The fraction of sp³-hybridized carbons (Fsp3) is 0.524. The van der Waals surface area contributed by atoms with E-state index in [0.717, 1.165) is 0 Å². The van der Waals surface area contributed by atoms with Gasteiger partial charge in [0.1, 0.15) is 48.0 Å². The van der Waals surface area contributed by atoms with Gasteiger partial charge in [0, 0.05) is 0 Å². The molecular weight excluding hydrogens is 615 g/mol. The third-order valence-electron chi connectivity index (χ3n) is 7.61. The monoisotopic (exact) mass is 640 g/mol. The third kappa shape index (κ3) is 4.51. The topological polar surface area (TPSA) is 283 Å². The maximum absolute atomic E-state index is 13.5. The van der Waals surface area contributed by atoms with E-state index >= 15 is 0 Å². The molecule has 7 heterocycles. The number of rotatable bonds is 8. The van der Waals surface area contributed by atoms with Gasteiger partial charge in [-0.2, -0.15) is 4.98 Å². The number of imidazole rings is 2. The summed E-state index contributed by atoms with van der Waals surface area (Å²) in [5.41, 5.74) is 10.0. The van der Waals surface area contributed by atoms with Gasteiger partial charge in [-0.3, -0.25) is 28.0 Å². The zero-order valence-corrected chi connectivity index (χ0v) is 23.6. The molecule has 230 valence electrons. The quantitative estimate of drug-likeness (QED) is 0.0797. The smallest absolute Gasteiger partial charge is 0.386 e. The molecule has 3 fully saturated rings. The van der Waals surface area contributed by atoms with Gasteiger partial charge in [-0.15, -0.1) is 0 Å². The number of aliphatic hydroxyl groups excluding tert-OH is 3. The van der Waals surface area contributed by atoms with Crippen LogP contribution in [0.2, 0.25) is 0 Å². The van der Waals surface area contributed by atoms with Crippen molar-refractivity contribution in [3.63, 3.8) is 0 Å². The zero-order valence-electron chi connectivity index (χ0n) is 21.8. The van der Waals surface area contributed by atoms with E-state index in [-0.39, 0.29) is 29.5 Å². The number of hydrogen-bond donors (Lipinski definition) is 7. The SMILES string of the molecule is Nc1nc2c(ncn2[C@@H]2O[C@H](CO)C(O)[C@@H]2OP(=O)(S)OC[C@]23CO[C@@H](C2O)[C@H](n2cnc4c(N)ncnc42)O3)c(=O)[nH]1. The molecule has 22 heteroatoms. The summed E-state index contributed by atoms with van der Waals surface area (Å²) in [6.07, 6.45) is -4.50. The lowest BCUT2D eigenvalue weighted by Crippen LogP contribution is -2.45. The van der Waals surface area contributed by atoms with Crippen molar-refractivity contribution in [3.8, 4) is 0 Å². The van der Waals surface area contributed by atoms with E-state index in [1.165, 1.54) is 28.1 Å². The lowest BCUT2D eigenvalue weighted by atomic mass is 10.0. The van der Waals surface area contributed by atoms with Gasteiger partial charge in [-0.1, -0.05) is 12.2 Å². The van der Waals surface area contributed by atoms with Gasteiger partial charge < -0.3 is 41.0 Å². The maximum atomic E-state index is 13.5. The van der Waals surface area contributed by atoms with Crippen LogP contribution in [0.4, 0.5) is 11.8 Å². The number of hydrogen-bond acceptors (Lipinski definition) is 17. The summed E-state index contributed by atoms with van der Waals surface area (Å²) in [4.78, 5) is 34.9. The van der Waals surface area contributed by atoms with Crippen LogP contribution in [0.15, 0.2) is 23.8 Å². The van der Waals surface area contributed by atoms with Gasteiger partial charge in [0.05, 0.1) is 32.5 Å². The van der Waals surface area contributed by atoms with E-state index in [1.807, 2.05) is 0 Å². The maximum Gasteiger partial charge on any atom is 0.386 e. The number of aromatic amines is 1. The third-order valence-corrected chi connectivity index (χ3v) is 9.21. The fourth-order valence-corrected chi connectivity index (χ4v) is 6.98. The average Bonchev–Trinajstić information content (AvgIpc) is 3.77. The number of aliphatic hydroxyl groups is 3. The highest BCUT2D eigenvalue weighted by Gasteiger charge is 2.63. The second-order valence-electron chi connectivity index (χ2n) is 10.2. The Labute approximate surface area is 244 Å². The predicted molar refractivity (Wildman–Crippen MR) is 145 cm³/mol. The van der Waals surface area contributed by atoms with Gasteiger partial charge in [-0.25, -0.2) is 24.5 Å². The van der Waals surface area contributed by atoms with E-state index in [4.69, 9.17) is 34.7 Å². The molecule has 0 radical (unpaired) electrons. The van der Waals surface area contributed by atoms with Crippen molar-refractivity contribution in [2.45, 2.75) is 48.6 Å². The molecule has 0 spiro atoms. The molecule has 3 unspecified atom stereocenters. The summed E-state index contributed by atoms with van der Waals surface area (Å²) in [7, 11) is 0. The van der Waals surface area contributed by atoms with Gasteiger partial charge in [0.15, 0.2) is 35.1 Å². The number of nitrogens with zero attached hydrogens (tertiary/aromatic N) is 7. The molecule has 3 saturated heterocycles. The Kier molecular flexibility index (Phi) is 6.74. The van der Waals surface area contributed by atoms with Crippen molar-refractivity contribution in [2.75, 3.05) is 31.3 Å². The van der Waals surface area contributed by atoms with Crippen LogP contribution in [-0.2, 0) is 27.8 Å². The van der Waals surface area contributed by atoms with E-state index in [1.54, 1.807) is 0 Å². The predicted octanol–water partition coefficient (Wildman–Crippen LogP) is -2.16. The van der Waals surface area contributed by atoms with Gasteiger partial charge in [-0.05, 0) is 0 Å². The van der Waals surface area contributed by atoms with Crippen LogP contribution in [0, 0.1) is 0 Å². The highest BCUT2D eigenvalue weighted by atomic mass is 32.7. The Balaban J connectivity index is 1.11. The Morgan fingerprint density at radius 1 is 1.14 bits per heavy atom. The van der Waals surface area contributed by atoms with Gasteiger partial charge >= 0.3 is 6.80 Å². The minimum Gasteiger partial charge on any atom is -0.394 e.